The lowest BCUT2D eigenvalue weighted by molar-refractivity contribution is 0.0689. The number of carbonyl (C=O) groups is 2. The summed E-state index contributed by atoms with van der Waals surface area (Å²) in [4.78, 5) is 26.9. The standard InChI is InChI=1S/C18H18N2O3/c21-17(13-9-10-16(18(22)23)19-11-13)20-15-8-4-7-14(15)12-5-2-1-3-6-12/h1-3,5-6,9-11,14-15H,4,7-8H2,(H,20,21)(H,22,23)/t14-,15+/m0/s1. The van der Waals surface area contributed by atoms with Crippen molar-refractivity contribution >= 4 is 11.9 Å². The maximum atomic E-state index is 12.4. The summed E-state index contributed by atoms with van der Waals surface area (Å²) >= 11 is 0. The molecule has 2 aromatic rings. The van der Waals surface area contributed by atoms with Gasteiger partial charge in [-0.3, -0.25) is 4.79 Å². The first-order chi connectivity index (χ1) is 11.1. The molecule has 5 heteroatoms. The molecule has 0 spiro atoms. The predicted octanol–water partition coefficient (Wildman–Crippen LogP) is 2.85. The molecule has 0 radical (unpaired) electrons. The number of hydrogen-bond donors (Lipinski definition) is 2. The molecule has 0 unspecified atom stereocenters. The molecule has 3 rings (SSSR count). The highest BCUT2D eigenvalue weighted by Crippen LogP contribution is 2.34. The summed E-state index contributed by atoms with van der Waals surface area (Å²) in [5.74, 6) is -0.981. The maximum absolute atomic E-state index is 12.4. The molecule has 1 aromatic carbocycles. The van der Waals surface area contributed by atoms with Gasteiger partial charge in [-0.15, -0.1) is 0 Å². The number of carboxylic acid groups (broad SMARTS) is 1. The van der Waals surface area contributed by atoms with Crippen molar-refractivity contribution in [3.05, 3.63) is 65.5 Å². The van der Waals surface area contributed by atoms with E-state index in [1.807, 2.05) is 18.2 Å². The zero-order chi connectivity index (χ0) is 16.2. The van der Waals surface area contributed by atoms with Crippen LogP contribution >= 0.6 is 0 Å². The van der Waals surface area contributed by atoms with E-state index in [4.69, 9.17) is 5.11 Å². The molecule has 1 aliphatic rings. The molecule has 5 nitrogen and oxygen atoms in total. The molecule has 1 saturated carbocycles. The Bertz CT molecular complexity index is 698. The number of aromatic nitrogens is 1. The van der Waals surface area contributed by atoms with Gasteiger partial charge in [-0.2, -0.15) is 0 Å². The van der Waals surface area contributed by atoms with Gasteiger partial charge >= 0.3 is 5.97 Å². The van der Waals surface area contributed by atoms with E-state index in [0.717, 1.165) is 19.3 Å². The van der Waals surface area contributed by atoms with Gasteiger partial charge in [0.25, 0.3) is 5.91 Å². The molecule has 23 heavy (non-hydrogen) atoms. The number of benzene rings is 1. The first kappa shape index (κ1) is 15.2. The molecule has 1 aliphatic carbocycles. The molecule has 1 heterocycles. The van der Waals surface area contributed by atoms with Gasteiger partial charge in [0.05, 0.1) is 5.56 Å². The number of aromatic carboxylic acids is 1. The van der Waals surface area contributed by atoms with Gasteiger partial charge in [0.2, 0.25) is 0 Å². The molecule has 118 valence electrons. The number of rotatable bonds is 4. The van der Waals surface area contributed by atoms with Crippen molar-refractivity contribution in [2.75, 3.05) is 0 Å². The largest absolute Gasteiger partial charge is 0.477 e. The van der Waals surface area contributed by atoms with Crippen molar-refractivity contribution in [1.29, 1.82) is 0 Å². The summed E-state index contributed by atoms with van der Waals surface area (Å²) in [5, 5.41) is 11.9. The first-order valence-electron chi connectivity index (χ1n) is 7.70. The molecule has 0 saturated heterocycles. The third-order valence-corrected chi connectivity index (χ3v) is 4.30. The third-order valence-electron chi connectivity index (χ3n) is 4.30. The van der Waals surface area contributed by atoms with Gasteiger partial charge in [0.1, 0.15) is 5.69 Å². The molecule has 1 amide bonds. The Hall–Kier alpha value is -2.69. The van der Waals surface area contributed by atoms with E-state index >= 15 is 0 Å². The van der Waals surface area contributed by atoms with Crippen molar-refractivity contribution in [2.24, 2.45) is 0 Å². The SMILES string of the molecule is O=C(N[C@@H]1CCC[C@H]1c1ccccc1)c1ccc(C(=O)O)nc1. The fourth-order valence-corrected chi connectivity index (χ4v) is 3.14. The van der Waals surface area contributed by atoms with Crippen LogP contribution in [0.15, 0.2) is 48.7 Å². The van der Waals surface area contributed by atoms with E-state index in [1.165, 1.54) is 23.9 Å². The Morgan fingerprint density at radius 1 is 1.09 bits per heavy atom. The second-order valence-electron chi connectivity index (χ2n) is 5.77. The molecule has 1 aromatic heterocycles. The third kappa shape index (κ3) is 3.39. The number of amides is 1. The van der Waals surface area contributed by atoms with E-state index in [-0.39, 0.29) is 17.6 Å². The fourth-order valence-electron chi connectivity index (χ4n) is 3.14. The summed E-state index contributed by atoms with van der Waals surface area (Å²) in [7, 11) is 0. The zero-order valence-electron chi connectivity index (χ0n) is 12.6. The molecule has 1 fully saturated rings. The van der Waals surface area contributed by atoms with Crippen LogP contribution in [0.4, 0.5) is 0 Å². The highest BCUT2D eigenvalue weighted by Gasteiger charge is 2.29. The fraction of sp³-hybridized carbons (Fsp3) is 0.278. The van der Waals surface area contributed by atoms with Crippen LogP contribution < -0.4 is 5.32 Å². The Morgan fingerprint density at radius 3 is 2.52 bits per heavy atom. The number of nitrogens with one attached hydrogen (secondary N) is 1. The number of hydrogen-bond acceptors (Lipinski definition) is 3. The average molecular weight is 310 g/mol. The van der Waals surface area contributed by atoms with Gasteiger partial charge in [0.15, 0.2) is 0 Å². The molecule has 0 bridgehead atoms. The van der Waals surface area contributed by atoms with Crippen LogP contribution in [-0.2, 0) is 0 Å². The number of nitrogens with zero attached hydrogens (tertiary/aromatic N) is 1. The average Bonchev–Trinajstić information content (AvgIpc) is 3.04. The van der Waals surface area contributed by atoms with Gasteiger partial charge in [-0.25, -0.2) is 9.78 Å². The minimum atomic E-state index is -1.10. The van der Waals surface area contributed by atoms with E-state index in [2.05, 4.69) is 22.4 Å². The zero-order valence-corrected chi connectivity index (χ0v) is 12.6. The quantitative estimate of drug-likeness (QED) is 0.910. The molecule has 2 atom stereocenters. The Kier molecular flexibility index (Phi) is 4.37. The summed E-state index contributed by atoms with van der Waals surface area (Å²) in [6.07, 6.45) is 4.41. The maximum Gasteiger partial charge on any atom is 0.354 e. The Morgan fingerprint density at radius 2 is 1.87 bits per heavy atom. The van der Waals surface area contributed by atoms with E-state index < -0.39 is 5.97 Å². The van der Waals surface area contributed by atoms with Crippen LogP contribution in [-0.4, -0.2) is 28.0 Å². The van der Waals surface area contributed by atoms with Gasteiger partial charge < -0.3 is 10.4 Å². The normalized spacial score (nSPS) is 20.2. The van der Waals surface area contributed by atoms with Crippen LogP contribution in [0.5, 0.6) is 0 Å². The molecule has 2 N–H and O–H groups in total. The highest BCUT2D eigenvalue weighted by atomic mass is 16.4. The smallest absolute Gasteiger partial charge is 0.354 e. The molecular formula is C18H18N2O3. The van der Waals surface area contributed by atoms with Gasteiger partial charge in [-0.1, -0.05) is 36.8 Å². The second kappa shape index (κ2) is 6.60. The van der Waals surface area contributed by atoms with E-state index in [9.17, 15) is 9.59 Å². The summed E-state index contributed by atoms with van der Waals surface area (Å²) in [6, 6.07) is 13.2. The molecule has 0 aliphatic heterocycles. The summed E-state index contributed by atoms with van der Waals surface area (Å²) in [5.41, 5.74) is 1.56. The second-order valence-corrected chi connectivity index (χ2v) is 5.77. The summed E-state index contributed by atoms with van der Waals surface area (Å²) < 4.78 is 0. The van der Waals surface area contributed by atoms with Crippen LogP contribution in [0.25, 0.3) is 0 Å². The Labute approximate surface area is 134 Å². The highest BCUT2D eigenvalue weighted by molar-refractivity contribution is 5.95. The van der Waals surface area contributed by atoms with Crippen LogP contribution in [0, 0.1) is 0 Å². The van der Waals surface area contributed by atoms with Crippen molar-refractivity contribution in [1.82, 2.24) is 10.3 Å². The minimum absolute atomic E-state index is 0.0652. The van der Waals surface area contributed by atoms with Crippen LogP contribution in [0.1, 0.15) is 51.6 Å². The number of carbonyl (C=O) groups excluding carboxylic acids is 1. The number of carboxylic acids is 1. The summed E-state index contributed by atoms with van der Waals surface area (Å²) in [6.45, 7) is 0. The lowest BCUT2D eigenvalue weighted by Crippen LogP contribution is -2.36. The monoisotopic (exact) mass is 310 g/mol. The van der Waals surface area contributed by atoms with Gasteiger partial charge in [-0.05, 0) is 30.5 Å². The van der Waals surface area contributed by atoms with Crippen molar-refractivity contribution < 1.29 is 14.7 Å². The predicted molar refractivity (Wildman–Crippen MR) is 85.5 cm³/mol. The molecular weight excluding hydrogens is 292 g/mol. The van der Waals surface area contributed by atoms with Crippen molar-refractivity contribution in [2.45, 2.75) is 31.2 Å². The van der Waals surface area contributed by atoms with E-state index in [0.29, 0.717) is 11.5 Å². The van der Waals surface area contributed by atoms with Crippen LogP contribution in [0.2, 0.25) is 0 Å². The lowest BCUT2D eigenvalue weighted by Gasteiger charge is -2.21. The number of pyridine rings is 1. The Balaban J connectivity index is 1.70. The van der Waals surface area contributed by atoms with Crippen molar-refractivity contribution in [3.63, 3.8) is 0 Å². The lowest BCUT2D eigenvalue weighted by atomic mass is 9.94. The van der Waals surface area contributed by atoms with E-state index in [1.54, 1.807) is 0 Å². The van der Waals surface area contributed by atoms with Crippen LogP contribution in [0.3, 0.4) is 0 Å². The van der Waals surface area contributed by atoms with Gasteiger partial charge in [0, 0.05) is 18.2 Å². The minimum Gasteiger partial charge on any atom is -0.477 e. The van der Waals surface area contributed by atoms with Crippen molar-refractivity contribution in [3.8, 4) is 0 Å². The topological polar surface area (TPSA) is 79.3 Å². The first-order valence-corrected chi connectivity index (χ1v) is 7.70.